The third-order valence-corrected chi connectivity index (χ3v) is 7.91. The molecule has 1 unspecified atom stereocenters. The maximum Gasteiger partial charge on any atom is 0.255 e. The van der Waals surface area contributed by atoms with Crippen molar-refractivity contribution in [2.45, 2.75) is 12.5 Å². The molecule has 0 fully saturated rings. The predicted octanol–water partition coefficient (Wildman–Crippen LogP) is 6.66. The lowest BCUT2D eigenvalue weighted by molar-refractivity contribution is 0.0753. The zero-order valence-corrected chi connectivity index (χ0v) is 23.2. The Bertz CT molecular complexity index is 1720. The molecule has 0 bridgehead atoms. The van der Waals surface area contributed by atoms with Crippen molar-refractivity contribution in [3.05, 3.63) is 113 Å². The van der Waals surface area contributed by atoms with E-state index in [1.807, 2.05) is 53.4 Å². The Balaban J connectivity index is 1.50. The lowest BCUT2D eigenvalue weighted by Crippen LogP contribution is -2.31. The summed E-state index contributed by atoms with van der Waals surface area (Å²) in [5.74, 6) is 2.21. The van der Waals surface area contributed by atoms with E-state index in [1.165, 1.54) is 0 Å². The number of amides is 1. The summed E-state index contributed by atoms with van der Waals surface area (Å²) in [6.07, 6.45) is 0.676. The highest BCUT2D eigenvalue weighted by Gasteiger charge is 2.40. The number of benzene rings is 4. The second-order valence-corrected chi connectivity index (χ2v) is 10.00. The van der Waals surface area contributed by atoms with E-state index < -0.39 is 0 Å². The second-order valence-electron chi connectivity index (χ2n) is 10.00. The largest absolute Gasteiger partial charge is 0.497 e. The van der Waals surface area contributed by atoms with Crippen LogP contribution < -0.4 is 14.2 Å². The van der Waals surface area contributed by atoms with Crippen LogP contribution in [0.15, 0.2) is 91.0 Å². The van der Waals surface area contributed by atoms with Crippen LogP contribution in [0, 0.1) is 0 Å². The first-order chi connectivity index (χ1) is 19.5. The summed E-state index contributed by atoms with van der Waals surface area (Å²) >= 11 is 0. The predicted molar refractivity (Wildman–Crippen MR) is 157 cm³/mol. The molecular formula is C34H32N2O4. The monoisotopic (exact) mass is 532 g/mol. The molecule has 6 nitrogen and oxygen atoms in total. The highest BCUT2D eigenvalue weighted by molar-refractivity contribution is 6.02. The smallest absolute Gasteiger partial charge is 0.255 e. The van der Waals surface area contributed by atoms with Crippen LogP contribution in [-0.4, -0.2) is 43.2 Å². The van der Waals surface area contributed by atoms with Crippen molar-refractivity contribution in [3.63, 3.8) is 0 Å². The molecule has 0 spiro atoms. The summed E-state index contributed by atoms with van der Waals surface area (Å²) < 4.78 is 18.8. The van der Waals surface area contributed by atoms with E-state index in [9.17, 15) is 4.79 Å². The van der Waals surface area contributed by atoms with E-state index >= 15 is 0 Å². The Morgan fingerprint density at radius 1 is 0.775 bits per heavy atom. The maximum atomic E-state index is 14.0. The first-order valence-corrected chi connectivity index (χ1v) is 13.4. The number of methoxy groups -OCH3 is 3. The molecule has 0 radical (unpaired) electrons. The summed E-state index contributed by atoms with van der Waals surface area (Å²) in [4.78, 5) is 16.0. The van der Waals surface area contributed by atoms with E-state index in [1.54, 1.807) is 21.3 Å². The quantitative estimate of drug-likeness (QED) is 0.224. The standard InChI is InChI=1S/C34H32N2O4/c1-35-28-15-8-7-14-27(28)31(32(35)23-10-9-11-24(21-23)38-2)33-25-12-5-6-13-26(25)34(37)36(33)19-18-22-16-17-29(39-3)30(20-22)40-4/h5-17,20-21,33H,18-19H2,1-4H3. The molecule has 6 rings (SSSR count). The lowest BCUT2D eigenvalue weighted by Gasteiger charge is -2.27. The van der Waals surface area contributed by atoms with Crippen molar-refractivity contribution in [3.8, 4) is 28.5 Å². The number of hydrogen-bond donors (Lipinski definition) is 0. The first-order valence-electron chi connectivity index (χ1n) is 13.4. The van der Waals surface area contributed by atoms with Gasteiger partial charge in [0.2, 0.25) is 0 Å². The highest BCUT2D eigenvalue weighted by Crippen LogP contribution is 2.46. The molecule has 2 heterocycles. The Kier molecular flexibility index (Phi) is 6.68. The summed E-state index contributed by atoms with van der Waals surface area (Å²) in [5.41, 5.74) is 7.22. The number of carbonyl (C=O) groups excluding carboxylic acids is 1. The van der Waals surface area contributed by atoms with Gasteiger partial charge in [-0.15, -0.1) is 0 Å². The van der Waals surface area contributed by atoms with Gasteiger partial charge in [0.15, 0.2) is 11.5 Å². The third-order valence-electron chi connectivity index (χ3n) is 7.91. The molecule has 40 heavy (non-hydrogen) atoms. The van der Waals surface area contributed by atoms with Gasteiger partial charge in [-0.3, -0.25) is 4.79 Å². The minimum atomic E-state index is -0.240. The van der Waals surface area contributed by atoms with Gasteiger partial charge in [-0.05, 0) is 53.9 Å². The van der Waals surface area contributed by atoms with Crippen molar-refractivity contribution < 1.29 is 19.0 Å². The number of rotatable bonds is 8. The summed E-state index contributed by atoms with van der Waals surface area (Å²) in [5, 5.41) is 1.13. The van der Waals surface area contributed by atoms with E-state index in [-0.39, 0.29) is 11.9 Å². The lowest BCUT2D eigenvalue weighted by atomic mass is 9.93. The number of aryl methyl sites for hydroxylation is 1. The topological polar surface area (TPSA) is 52.9 Å². The van der Waals surface area contributed by atoms with Crippen LogP contribution in [0.25, 0.3) is 22.2 Å². The number of ether oxygens (including phenoxy) is 3. The molecule has 0 aliphatic carbocycles. The molecular weight excluding hydrogens is 500 g/mol. The average Bonchev–Trinajstić information content (AvgIpc) is 3.45. The molecule has 0 N–H and O–H groups in total. The van der Waals surface area contributed by atoms with Crippen LogP contribution in [-0.2, 0) is 13.5 Å². The maximum absolute atomic E-state index is 14.0. The van der Waals surface area contributed by atoms with Gasteiger partial charge in [-0.1, -0.05) is 54.6 Å². The SMILES string of the molecule is COc1cccc(-c2c(C3c4ccccc4C(=O)N3CCc3ccc(OC)c(OC)c3)c3ccccc3n2C)c1. The van der Waals surface area contributed by atoms with Crippen LogP contribution >= 0.6 is 0 Å². The molecule has 1 aliphatic rings. The van der Waals surface area contributed by atoms with Gasteiger partial charge in [0.25, 0.3) is 5.91 Å². The number of para-hydroxylation sites is 1. The average molecular weight is 533 g/mol. The second kappa shape index (κ2) is 10.5. The van der Waals surface area contributed by atoms with Crippen LogP contribution in [0.5, 0.6) is 17.2 Å². The molecule has 0 saturated heterocycles. The molecule has 1 atom stereocenters. The van der Waals surface area contributed by atoms with Crippen LogP contribution in [0.2, 0.25) is 0 Å². The highest BCUT2D eigenvalue weighted by atomic mass is 16.5. The van der Waals surface area contributed by atoms with E-state index in [4.69, 9.17) is 14.2 Å². The third kappa shape index (κ3) is 4.16. The van der Waals surface area contributed by atoms with Crippen molar-refractivity contribution in [2.75, 3.05) is 27.9 Å². The zero-order valence-electron chi connectivity index (χ0n) is 23.2. The number of carbonyl (C=O) groups is 1. The summed E-state index contributed by atoms with van der Waals surface area (Å²) in [6.45, 7) is 0.550. The Labute approximate surface area is 234 Å². The van der Waals surface area contributed by atoms with Gasteiger partial charge in [-0.2, -0.15) is 0 Å². The fraction of sp³-hybridized carbons (Fsp3) is 0.206. The van der Waals surface area contributed by atoms with Gasteiger partial charge in [0.05, 0.1) is 33.1 Å². The van der Waals surface area contributed by atoms with Gasteiger partial charge < -0.3 is 23.7 Å². The first kappa shape index (κ1) is 25.6. The molecule has 202 valence electrons. The molecule has 1 aliphatic heterocycles. The molecule has 1 amide bonds. The number of fused-ring (bicyclic) bond motifs is 2. The molecule has 5 aromatic rings. The zero-order chi connectivity index (χ0) is 27.8. The summed E-state index contributed by atoms with van der Waals surface area (Å²) in [7, 11) is 7.05. The van der Waals surface area contributed by atoms with Crippen molar-refractivity contribution in [1.29, 1.82) is 0 Å². The van der Waals surface area contributed by atoms with Gasteiger partial charge in [0.1, 0.15) is 5.75 Å². The fourth-order valence-electron chi connectivity index (χ4n) is 6.02. The van der Waals surface area contributed by atoms with Gasteiger partial charge in [-0.25, -0.2) is 0 Å². The Morgan fingerprint density at radius 2 is 1.55 bits per heavy atom. The van der Waals surface area contributed by atoms with E-state index in [0.29, 0.717) is 24.5 Å². The molecule has 6 heteroatoms. The van der Waals surface area contributed by atoms with Crippen molar-refractivity contribution in [2.24, 2.45) is 7.05 Å². The number of hydrogen-bond acceptors (Lipinski definition) is 4. The minimum Gasteiger partial charge on any atom is -0.497 e. The Hall–Kier alpha value is -4.71. The summed E-state index contributed by atoms with van der Waals surface area (Å²) in [6, 6.07) is 30.2. The van der Waals surface area contributed by atoms with Gasteiger partial charge in [0, 0.05) is 41.2 Å². The van der Waals surface area contributed by atoms with Crippen LogP contribution in [0.4, 0.5) is 0 Å². The number of aromatic nitrogens is 1. The normalized spacial score (nSPS) is 14.4. The van der Waals surface area contributed by atoms with Crippen LogP contribution in [0.3, 0.4) is 0 Å². The van der Waals surface area contributed by atoms with Crippen molar-refractivity contribution in [1.82, 2.24) is 9.47 Å². The van der Waals surface area contributed by atoms with Crippen LogP contribution in [0.1, 0.15) is 33.1 Å². The fourth-order valence-corrected chi connectivity index (χ4v) is 6.02. The van der Waals surface area contributed by atoms with E-state index in [0.717, 1.165) is 50.2 Å². The molecule has 1 aromatic heterocycles. The number of nitrogens with zero attached hydrogens (tertiary/aromatic N) is 2. The van der Waals surface area contributed by atoms with E-state index in [2.05, 4.69) is 54.1 Å². The Morgan fingerprint density at radius 3 is 2.35 bits per heavy atom. The minimum absolute atomic E-state index is 0.0469. The molecule has 4 aromatic carbocycles. The molecule has 0 saturated carbocycles. The van der Waals surface area contributed by atoms with Gasteiger partial charge >= 0.3 is 0 Å². The van der Waals surface area contributed by atoms with Crippen molar-refractivity contribution >= 4 is 16.8 Å².